The van der Waals surface area contributed by atoms with Crippen LogP contribution in [0.4, 0.5) is 5.69 Å². The molecule has 0 aliphatic heterocycles. The largest absolute Gasteiger partial charge is 0.385 e. The predicted octanol–water partition coefficient (Wildman–Crippen LogP) is 1.96. The van der Waals surface area contributed by atoms with Crippen LogP contribution >= 0.6 is 0 Å². The van der Waals surface area contributed by atoms with Crippen molar-refractivity contribution in [1.29, 1.82) is 0 Å². The van der Waals surface area contributed by atoms with E-state index in [4.69, 9.17) is 4.74 Å². The Bertz CT molecular complexity index is 472. The smallest absolute Gasteiger partial charge is 0.232 e. The molecule has 0 saturated carbocycles. The van der Waals surface area contributed by atoms with E-state index in [0.717, 1.165) is 25.1 Å². The van der Waals surface area contributed by atoms with Gasteiger partial charge in [0.2, 0.25) is 10.0 Å². The summed E-state index contributed by atoms with van der Waals surface area (Å²) < 4.78 is 31.0. The Morgan fingerprint density at radius 2 is 1.90 bits per heavy atom. The third kappa shape index (κ3) is 6.88. The maximum atomic E-state index is 11.8. The maximum absolute atomic E-state index is 11.8. The van der Waals surface area contributed by atoms with Gasteiger partial charge in [0.15, 0.2) is 0 Å². The summed E-state index contributed by atoms with van der Waals surface area (Å²) >= 11 is 0. The van der Waals surface area contributed by atoms with Crippen molar-refractivity contribution in [1.82, 2.24) is 5.32 Å². The van der Waals surface area contributed by atoms with Crippen molar-refractivity contribution in [2.24, 2.45) is 0 Å². The van der Waals surface area contributed by atoms with Gasteiger partial charge in [-0.1, -0.05) is 19.1 Å². The first-order valence-corrected chi connectivity index (χ1v) is 8.51. The molecule has 0 unspecified atom stereocenters. The van der Waals surface area contributed by atoms with Crippen LogP contribution in [0, 0.1) is 0 Å². The van der Waals surface area contributed by atoms with Crippen LogP contribution < -0.4 is 10.0 Å². The third-order valence-electron chi connectivity index (χ3n) is 2.74. The molecule has 0 saturated heterocycles. The van der Waals surface area contributed by atoms with Gasteiger partial charge in [-0.15, -0.1) is 0 Å². The monoisotopic (exact) mass is 300 g/mol. The summed E-state index contributed by atoms with van der Waals surface area (Å²) in [5.41, 5.74) is 1.74. The van der Waals surface area contributed by atoms with Crippen molar-refractivity contribution in [3.05, 3.63) is 29.8 Å². The van der Waals surface area contributed by atoms with Crippen LogP contribution in [0.1, 0.15) is 25.3 Å². The Hall–Kier alpha value is -1.11. The molecule has 0 aromatic heterocycles. The number of rotatable bonds is 10. The van der Waals surface area contributed by atoms with Gasteiger partial charge in [0.1, 0.15) is 0 Å². The average Bonchev–Trinajstić information content (AvgIpc) is 2.41. The molecule has 114 valence electrons. The summed E-state index contributed by atoms with van der Waals surface area (Å²) in [7, 11) is -1.73. The molecular weight excluding hydrogens is 276 g/mol. The van der Waals surface area contributed by atoms with Gasteiger partial charge in [0.05, 0.1) is 5.75 Å². The molecule has 0 spiro atoms. The minimum Gasteiger partial charge on any atom is -0.385 e. The van der Waals surface area contributed by atoms with Gasteiger partial charge in [-0.3, -0.25) is 4.72 Å². The second-order valence-electron chi connectivity index (χ2n) is 4.64. The fourth-order valence-corrected chi connectivity index (χ4v) is 2.82. The fourth-order valence-electron chi connectivity index (χ4n) is 1.72. The van der Waals surface area contributed by atoms with Crippen LogP contribution in [0.15, 0.2) is 24.3 Å². The Kier molecular flexibility index (Phi) is 7.58. The van der Waals surface area contributed by atoms with Crippen LogP contribution in [0.25, 0.3) is 0 Å². The third-order valence-corrected chi connectivity index (χ3v) is 4.12. The SMILES string of the molecule is CCCNCc1ccc(NS(=O)(=O)CCCOC)cc1. The Balaban J connectivity index is 2.47. The molecule has 0 heterocycles. The number of hydrogen-bond acceptors (Lipinski definition) is 4. The van der Waals surface area contributed by atoms with E-state index in [1.807, 2.05) is 12.1 Å². The molecule has 0 aliphatic carbocycles. The number of nitrogens with one attached hydrogen (secondary N) is 2. The highest BCUT2D eigenvalue weighted by atomic mass is 32.2. The Morgan fingerprint density at radius 1 is 1.20 bits per heavy atom. The molecule has 0 amide bonds. The van der Waals surface area contributed by atoms with Gasteiger partial charge >= 0.3 is 0 Å². The molecule has 6 heteroatoms. The number of anilines is 1. The first kappa shape index (κ1) is 16.9. The van der Waals surface area contributed by atoms with E-state index in [9.17, 15) is 8.42 Å². The highest BCUT2D eigenvalue weighted by Gasteiger charge is 2.09. The van der Waals surface area contributed by atoms with Crippen LogP contribution in [0.3, 0.4) is 0 Å². The van der Waals surface area contributed by atoms with Crippen LogP contribution in [-0.4, -0.2) is 34.4 Å². The average molecular weight is 300 g/mol. The molecule has 0 aliphatic rings. The molecule has 1 aromatic carbocycles. The lowest BCUT2D eigenvalue weighted by atomic mass is 10.2. The van der Waals surface area contributed by atoms with Gasteiger partial charge in [0, 0.05) is 25.9 Å². The fraction of sp³-hybridized carbons (Fsp3) is 0.571. The quantitative estimate of drug-likeness (QED) is 0.648. The summed E-state index contributed by atoms with van der Waals surface area (Å²) in [5, 5.41) is 3.30. The second kappa shape index (κ2) is 8.94. The molecule has 0 bridgehead atoms. The van der Waals surface area contributed by atoms with Crippen LogP contribution in [-0.2, 0) is 21.3 Å². The van der Waals surface area contributed by atoms with Crippen LogP contribution in [0.5, 0.6) is 0 Å². The second-order valence-corrected chi connectivity index (χ2v) is 6.48. The molecule has 5 nitrogen and oxygen atoms in total. The van der Waals surface area contributed by atoms with Gasteiger partial charge in [0.25, 0.3) is 0 Å². The van der Waals surface area contributed by atoms with Gasteiger partial charge in [-0.25, -0.2) is 8.42 Å². The van der Waals surface area contributed by atoms with Gasteiger partial charge < -0.3 is 10.1 Å². The van der Waals surface area contributed by atoms with Crippen molar-refractivity contribution in [3.8, 4) is 0 Å². The number of benzene rings is 1. The van der Waals surface area contributed by atoms with Crippen molar-refractivity contribution in [3.63, 3.8) is 0 Å². The van der Waals surface area contributed by atoms with Gasteiger partial charge in [-0.2, -0.15) is 0 Å². The number of hydrogen-bond donors (Lipinski definition) is 2. The van der Waals surface area contributed by atoms with E-state index in [2.05, 4.69) is 17.0 Å². The lowest BCUT2D eigenvalue weighted by Crippen LogP contribution is -2.18. The summed E-state index contributed by atoms with van der Waals surface area (Å²) in [6.45, 7) is 4.35. The minimum atomic E-state index is -3.29. The summed E-state index contributed by atoms with van der Waals surface area (Å²) in [6.07, 6.45) is 1.59. The van der Waals surface area contributed by atoms with E-state index in [1.54, 1.807) is 19.2 Å². The van der Waals surface area contributed by atoms with Gasteiger partial charge in [-0.05, 0) is 37.1 Å². The maximum Gasteiger partial charge on any atom is 0.232 e. The molecule has 20 heavy (non-hydrogen) atoms. The molecule has 0 atom stereocenters. The normalized spacial score (nSPS) is 11.5. The molecular formula is C14H24N2O3S. The zero-order chi connectivity index (χ0) is 14.8. The summed E-state index contributed by atoms with van der Waals surface area (Å²) in [5.74, 6) is 0.0701. The zero-order valence-electron chi connectivity index (χ0n) is 12.2. The zero-order valence-corrected chi connectivity index (χ0v) is 13.0. The first-order chi connectivity index (χ1) is 9.57. The Morgan fingerprint density at radius 3 is 2.50 bits per heavy atom. The number of methoxy groups -OCH3 is 1. The number of ether oxygens (including phenoxy) is 1. The van der Waals surface area contributed by atoms with Crippen molar-refractivity contribution in [2.45, 2.75) is 26.3 Å². The molecule has 0 radical (unpaired) electrons. The van der Waals surface area contributed by atoms with Crippen molar-refractivity contribution in [2.75, 3.05) is 30.7 Å². The standard InChI is InChI=1S/C14H24N2O3S/c1-3-9-15-12-13-5-7-14(8-6-13)16-20(17,18)11-4-10-19-2/h5-8,15-16H,3-4,9-12H2,1-2H3. The van der Waals surface area contributed by atoms with E-state index in [0.29, 0.717) is 18.7 Å². The summed E-state index contributed by atoms with van der Waals surface area (Å²) in [4.78, 5) is 0. The highest BCUT2D eigenvalue weighted by molar-refractivity contribution is 7.92. The molecule has 1 rings (SSSR count). The highest BCUT2D eigenvalue weighted by Crippen LogP contribution is 2.12. The van der Waals surface area contributed by atoms with E-state index in [1.165, 1.54) is 0 Å². The first-order valence-electron chi connectivity index (χ1n) is 6.86. The number of sulfonamides is 1. The molecule has 1 aromatic rings. The Labute approximate surface area is 121 Å². The van der Waals surface area contributed by atoms with E-state index >= 15 is 0 Å². The van der Waals surface area contributed by atoms with Crippen molar-refractivity contribution >= 4 is 15.7 Å². The van der Waals surface area contributed by atoms with Crippen LogP contribution in [0.2, 0.25) is 0 Å². The predicted molar refractivity (Wildman–Crippen MR) is 82.3 cm³/mol. The molecule has 2 N–H and O–H groups in total. The topological polar surface area (TPSA) is 67.4 Å². The van der Waals surface area contributed by atoms with E-state index < -0.39 is 10.0 Å². The van der Waals surface area contributed by atoms with Crippen molar-refractivity contribution < 1.29 is 13.2 Å². The van der Waals surface area contributed by atoms with E-state index in [-0.39, 0.29) is 5.75 Å². The lowest BCUT2D eigenvalue weighted by molar-refractivity contribution is 0.199. The summed E-state index contributed by atoms with van der Waals surface area (Å²) in [6, 6.07) is 7.43. The minimum absolute atomic E-state index is 0.0701. The molecule has 0 fully saturated rings. The lowest BCUT2D eigenvalue weighted by Gasteiger charge is -2.09.